The van der Waals surface area contributed by atoms with Crippen LogP contribution in [-0.4, -0.2) is 83.2 Å². The zero-order chi connectivity index (χ0) is 29.4. The number of carboxylic acid groups (broad SMARTS) is 1. The van der Waals surface area contributed by atoms with E-state index in [0.717, 1.165) is 5.56 Å². The molecule has 0 fully saturated rings. The largest absolute Gasteiger partial charge is 0.480 e. The molecule has 0 bridgehead atoms. The number of hydrogen-bond acceptors (Lipinski definition) is 8. The lowest BCUT2D eigenvalue weighted by molar-refractivity contribution is -0.142. The molecule has 0 aromatic heterocycles. The van der Waals surface area contributed by atoms with Gasteiger partial charge < -0.3 is 49.1 Å². The Bertz CT molecular complexity index is 955. The second-order valence-electron chi connectivity index (χ2n) is 9.22. The SMILES string of the molecule is CC(O)C(NC(=O)C(N)Cc1ccccc1)C(=O)NC(CCCN=C(N)N)C(=O)NC(CCCCN)C(=O)O. The lowest BCUT2D eigenvalue weighted by atomic mass is 10.0. The number of aliphatic carboxylic acids is 1. The normalized spacial score (nSPS) is 14.7. The number of carboxylic acids is 1. The van der Waals surface area contributed by atoms with Gasteiger partial charge in [-0.2, -0.15) is 0 Å². The van der Waals surface area contributed by atoms with Crippen LogP contribution < -0.4 is 38.9 Å². The van der Waals surface area contributed by atoms with Gasteiger partial charge in [0.05, 0.1) is 12.1 Å². The van der Waals surface area contributed by atoms with Gasteiger partial charge in [-0.25, -0.2) is 4.79 Å². The van der Waals surface area contributed by atoms with Gasteiger partial charge in [0.15, 0.2) is 5.96 Å². The number of aliphatic hydroxyl groups excluding tert-OH is 1. The molecule has 1 rings (SSSR count). The molecule has 218 valence electrons. The molecule has 13 N–H and O–H groups in total. The Balaban J connectivity index is 2.96. The third-order valence-electron chi connectivity index (χ3n) is 5.84. The molecule has 0 saturated heterocycles. The van der Waals surface area contributed by atoms with Crippen molar-refractivity contribution in [2.24, 2.45) is 27.9 Å². The molecule has 3 amide bonds. The minimum atomic E-state index is -1.42. The summed E-state index contributed by atoms with van der Waals surface area (Å²) in [5, 5.41) is 27.1. The molecule has 0 aliphatic rings. The first kappa shape index (κ1) is 33.3. The smallest absolute Gasteiger partial charge is 0.326 e. The Morgan fingerprint density at radius 2 is 1.51 bits per heavy atom. The lowest BCUT2D eigenvalue weighted by Crippen LogP contribution is -2.60. The summed E-state index contributed by atoms with van der Waals surface area (Å²) in [6.45, 7) is 1.84. The van der Waals surface area contributed by atoms with Crippen LogP contribution in [0.15, 0.2) is 35.3 Å². The molecule has 1 aromatic rings. The summed E-state index contributed by atoms with van der Waals surface area (Å²) in [5.74, 6) is -3.63. The third-order valence-corrected chi connectivity index (χ3v) is 5.84. The van der Waals surface area contributed by atoms with Gasteiger partial charge in [0, 0.05) is 6.54 Å². The van der Waals surface area contributed by atoms with Gasteiger partial charge in [0.2, 0.25) is 17.7 Å². The summed E-state index contributed by atoms with van der Waals surface area (Å²) in [6.07, 6.45) is 0.420. The highest BCUT2D eigenvalue weighted by Gasteiger charge is 2.32. The van der Waals surface area contributed by atoms with Gasteiger partial charge in [-0.3, -0.25) is 19.4 Å². The van der Waals surface area contributed by atoms with Crippen molar-refractivity contribution in [3.8, 4) is 0 Å². The average Bonchev–Trinajstić information content (AvgIpc) is 2.88. The van der Waals surface area contributed by atoms with Crippen molar-refractivity contribution in [3.05, 3.63) is 35.9 Å². The minimum absolute atomic E-state index is 0.0531. The summed E-state index contributed by atoms with van der Waals surface area (Å²) in [5.41, 5.74) is 22.9. The Kier molecular flexibility index (Phi) is 15.1. The topological polar surface area (TPSA) is 261 Å². The number of unbranched alkanes of at least 4 members (excludes halogenated alkanes) is 1. The molecule has 1 aromatic carbocycles. The Labute approximate surface area is 228 Å². The van der Waals surface area contributed by atoms with Crippen LogP contribution in [0.4, 0.5) is 0 Å². The predicted molar refractivity (Wildman–Crippen MR) is 146 cm³/mol. The van der Waals surface area contributed by atoms with Crippen LogP contribution in [0, 0.1) is 0 Å². The molecule has 0 spiro atoms. The summed E-state index contributed by atoms with van der Waals surface area (Å²) in [6, 6.07) is 4.23. The van der Waals surface area contributed by atoms with Gasteiger partial charge in [-0.05, 0) is 57.6 Å². The Hall–Kier alpha value is -3.75. The fraction of sp³-hybridized carbons (Fsp3) is 0.560. The number of aliphatic hydroxyl groups is 1. The first-order valence-electron chi connectivity index (χ1n) is 12.8. The first-order chi connectivity index (χ1) is 18.5. The zero-order valence-corrected chi connectivity index (χ0v) is 22.2. The van der Waals surface area contributed by atoms with Crippen molar-refractivity contribution < 1.29 is 29.4 Å². The number of nitrogens with one attached hydrogen (secondary N) is 3. The highest BCUT2D eigenvalue weighted by atomic mass is 16.4. The molecule has 14 nitrogen and oxygen atoms in total. The maximum Gasteiger partial charge on any atom is 0.326 e. The summed E-state index contributed by atoms with van der Waals surface area (Å²) in [4.78, 5) is 54.3. The minimum Gasteiger partial charge on any atom is -0.480 e. The van der Waals surface area contributed by atoms with Crippen LogP contribution in [-0.2, 0) is 25.6 Å². The summed E-state index contributed by atoms with van der Waals surface area (Å²) < 4.78 is 0. The van der Waals surface area contributed by atoms with E-state index in [1.807, 2.05) is 6.07 Å². The Morgan fingerprint density at radius 3 is 2.08 bits per heavy atom. The fourth-order valence-corrected chi connectivity index (χ4v) is 3.68. The molecular formula is C25H42N8O6. The maximum absolute atomic E-state index is 13.1. The second-order valence-corrected chi connectivity index (χ2v) is 9.22. The number of rotatable bonds is 18. The standard InChI is InChI=1S/C25H42N8O6/c1-15(34)20(33-21(35)17(27)14-16-8-3-2-4-9-16)23(37)31-18(11-7-13-30-25(28)29)22(36)32-19(24(38)39)10-5-6-12-26/h2-4,8-9,15,17-20,34H,5-7,10-14,26-27H2,1H3,(H,31,37)(H,32,36)(H,33,35)(H,38,39)(H4,28,29,30). The van der Waals surface area contributed by atoms with Gasteiger partial charge in [0.1, 0.15) is 18.1 Å². The Morgan fingerprint density at radius 1 is 0.897 bits per heavy atom. The summed E-state index contributed by atoms with van der Waals surface area (Å²) in [7, 11) is 0. The van der Waals surface area contributed by atoms with Crippen molar-refractivity contribution in [1.82, 2.24) is 16.0 Å². The van der Waals surface area contributed by atoms with Gasteiger partial charge >= 0.3 is 5.97 Å². The molecule has 39 heavy (non-hydrogen) atoms. The van der Waals surface area contributed by atoms with Crippen molar-refractivity contribution >= 4 is 29.7 Å². The number of carbonyl (C=O) groups is 4. The molecule has 0 saturated carbocycles. The van der Waals surface area contributed by atoms with E-state index in [-0.39, 0.29) is 38.2 Å². The molecule has 5 atom stereocenters. The number of hydrogen-bond donors (Lipinski definition) is 9. The van der Waals surface area contributed by atoms with E-state index in [1.165, 1.54) is 6.92 Å². The third kappa shape index (κ3) is 13.0. The number of nitrogens with two attached hydrogens (primary N) is 4. The fourth-order valence-electron chi connectivity index (χ4n) is 3.68. The highest BCUT2D eigenvalue weighted by molar-refractivity contribution is 5.94. The molecule has 5 unspecified atom stereocenters. The summed E-state index contributed by atoms with van der Waals surface area (Å²) >= 11 is 0. The van der Waals surface area contributed by atoms with Crippen LogP contribution >= 0.6 is 0 Å². The number of amides is 3. The number of aliphatic imine (C=N–C) groups is 1. The maximum atomic E-state index is 13.1. The van der Waals surface area contributed by atoms with Crippen LogP contribution in [0.2, 0.25) is 0 Å². The van der Waals surface area contributed by atoms with Crippen LogP contribution in [0.25, 0.3) is 0 Å². The quantitative estimate of drug-likeness (QED) is 0.0534. The number of carbonyl (C=O) groups excluding carboxylic acids is 3. The van der Waals surface area contributed by atoms with E-state index in [0.29, 0.717) is 19.4 Å². The van der Waals surface area contributed by atoms with Crippen LogP contribution in [0.5, 0.6) is 0 Å². The molecule has 14 heteroatoms. The van der Waals surface area contributed by atoms with Gasteiger partial charge in [-0.15, -0.1) is 0 Å². The molecule has 0 aliphatic heterocycles. The lowest BCUT2D eigenvalue weighted by Gasteiger charge is -2.26. The zero-order valence-electron chi connectivity index (χ0n) is 22.2. The van der Waals surface area contributed by atoms with Crippen molar-refractivity contribution in [2.45, 2.75) is 75.7 Å². The van der Waals surface area contributed by atoms with Crippen molar-refractivity contribution in [2.75, 3.05) is 13.1 Å². The van der Waals surface area contributed by atoms with E-state index in [2.05, 4.69) is 20.9 Å². The van der Waals surface area contributed by atoms with E-state index >= 15 is 0 Å². The molecular weight excluding hydrogens is 508 g/mol. The number of guanidine groups is 1. The monoisotopic (exact) mass is 550 g/mol. The molecule has 0 aliphatic carbocycles. The molecule has 0 radical (unpaired) electrons. The van der Waals surface area contributed by atoms with E-state index in [1.54, 1.807) is 24.3 Å². The number of nitrogens with zero attached hydrogens (tertiary/aromatic N) is 1. The van der Waals surface area contributed by atoms with E-state index in [9.17, 15) is 29.4 Å². The van der Waals surface area contributed by atoms with Crippen LogP contribution in [0.3, 0.4) is 0 Å². The van der Waals surface area contributed by atoms with Crippen LogP contribution in [0.1, 0.15) is 44.6 Å². The number of benzene rings is 1. The van der Waals surface area contributed by atoms with Gasteiger partial charge in [-0.1, -0.05) is 30.3 Å². The highest BCUT2D eigenvalue weighted by Crippen LogP contribution is 2.07. The molecule has 0 heterocycles. The second kappa shape index (κ2) is 17.7. The average molecular weight is 551 g/mol. The predicted octanol–water partition coefficient (Wildman–Crippen LogP) is -2.34. The van der Waals surface area contributed by atoms with E-state index < -0.39 is 54.0 Å². The van der Waals surface area contributed by atoms with Crippen molar-refractivity contribution in [1.29, 1.82) is 0 Å². The van der Waals surface area contributed by atoms with E-state index in [4.69, 9.17) is 22.9 Å². The first-order valence-corrected chi connectivity index (χ1v) is 12.8. The van der Waals surface area contributed by atoms with Gasteiger partial charge in [0.25, 0.3) is 0 Å². The van der Waals surface area contributed by atoms with Crippen molar-refractivity contribution in [3.63, 3.8) is 0 Å².